The highest BCUT2D eigenvalue weighted by Gasteiger charge is 2.26. The number of alkyl halides is 3. The van der Waals surface area contributed by atoms with E-state index in [9.17, 15) is 18.0 Å². The maximum atomic E-state index is 12.0. The van der Waals surface area contributed by atoms with Crippen molar-refractivity contribution in [1.82, 2.24) is 15.5 Å². The van der Waals surface area contributed by atoms with Gasteiger partial charge >= 0.3 is 6.18 Å². The molecule has 136 valence electrons. The number of guanidine groups is 1. The maximum Gasteiger partial charge on any atom is 0.389 e. The first kappa shape index (κ1) is 22.3. The molecule has 1 heterocycles. The van der Waals surface area contributed by atoms with E-state index in [2.05, 4.69) is 15.6 Å². The standard InChI is InChI=1S/C14H25F3N4O.HI/c1-3-12(22)21-9-6-11(10-21)20-13(18-2)19-8-5-4-7-14(15,16)17;/h11H,3-10H2,1-2H3,(H2,18,19,20);1H. The average Bonchev–Trinajstić information content (AvgIpc) is 2.92. The highest BCUT2D eigenvalue weighted by Crippen LogP contribution is 2.21. The number of halogens is 4. The second-order valence-corrected chi connectivity index (χ2v) is 5.39. The third-order valence-corrected chi connectivity index (χ3v) is 3.59. The van der Waals surface area contributed by atoms with Crippen molar-refractivity contribution in [3.8, 4) is 0 Å². The predicted molar refractivity (Wildman–Crippen MR) is 95.1 cm³/mol. The van der Waals surface area contributed by atoms with Gasteiger partial charge in [-0.15, -0.1) is 24.0 Å². The van der Waals surface area contributed by atoms with Crippen LogP contribution in [0.3, 0.4) is 0 Å². The molecule has 0 saturated carbocycles. The highest BCUT2D eigenvalue weighted by molar-refractivity contribution is 14.0. The zero-order valence-electron chi connectivity index (χ0n) is 13.6. The van der Waals surface area contributed by atoms with E-state index in [0.717, 1.165) is 13.0 Å². The van der Waals surface area contributed by atoms with Gasteiger partial charge in [-0.1, -0.05) is 6.92 Å². The van der Waals surface area contributed by atoms with Crippen LogP contribution in [0.4, 0.5) is 13.2 Å². The molecule has 0 aromatic heterocycles. The first-order valence-electron chi connectivity index (χ1n) is 7.67. The Morgan fingerprint density at radius 3 is 2.61 bits per heavy atom. The molecule has 1 fully saturated rings. The fourth-order valence-electron chi connectivity index (χ4n) is 2.37. The first-order chi connectivity index (χ1) is 10.4. The normalized spacial score (nSPS) is 18.6. The molecule has 1 rings (SSSR count). The van der Waals surface area contributed by atoms with Crippen LogP contribution < -0.4 is 10.6 Å². The SMILES string of the molecule is CCC(=O)N1CCC(NC(=NC)NCCCCC(F)(F)F)C1.I. The van der Waals surface area contributed by atoms with Gasteiger partial charge in [0, 0.05) is 45.6 Å². The largest absolute Gasteiger partial charge is 0.389 e. The lowest BCUT2D eigenvalue weighted by molar-refractivity contribution is -0.135. The van der Waals surface area contributed by atoms with Crippen molar-refractivity contribution in [1.29, 1.82) is 0 Å². The molecule has 23 heavy (non-hydrogen) atoms. The summed E-state index contributed by atoms with van der Waals surface area (Å²) < 4.78 is 36.1. The second kappa shape index (κ2) is 10.9. The predicted octanol–water partition coefficient (Wildman–Crippen LogP) is 2.51. The van der Waals surface area contributed by atoms with Gasteiger partial charge < -0.3 is 15.5 Å². The quantitative estimate of drug-likeness (QED) is 0.283. The second-order valence-electron chi connectivity index (χ2n) is 5.39. The van der Waals surface area contributed by atoms with E-state index in [1.165, 1.54) is 0 Å². The summed E-state index contributed by atoms with van der Waals surface area (Å²) in [6.07, 6.45) is -2.95. The molecule has 1 atom stereocenters. The number of likely N-dealkylation sites (tertiary alicyclic amines) is 1. The van der Waals surface area contributed by atoms with Crippen molar-refractivity contribution in [2.24, 2.45) is 4.99 Å². The molecule has 0 aromatic carbocycles. The van der Waals surface area contributed by atoms with Gasteiger partial charge in [0.25, 0.3) is 0 Å². The molecule has 0 spiro atoms. The van der Waals surface area contributed by atoms with Crippen LogP contribution in [-0.2, 0) is 4.79 Å². The molecular weight excluding hydrogens is 424 g/mol. The summed E-state index contributed by atoms with van der Waals surface area (Å²) in [7, 11) is 1.62. The van der Waals surface area contributed by atoms with E-state index in [-0.39, 0.29) is 42.3 Å². The lowest BCUT2D eigenvalue weighted by atomic mass is 10.2. The van der Waals surface area contributed by atoms with Gasteiger partial charge in [0.2, 0.25) is 5.91 Å². The van der Waals surface area contributed by atoms with Gasteiger partial charge in [-0.2, -0.15) is 13.2 Å². The molecule has 1 aliphatic heterocycles. The van der Waals surface area contributed by atoms with E-state index in [1.807, 2.05) is 11.8 Å². The Morgan fingerprint density at radius 2 is 2.04 bits per heavy atom. The van der Waals surface area contributed by atoms with E-state index in [0.29, 0.717) is 31.9 Å². The van der Waals surface area contributed by atoms with E-state index in [1.54, 1.807) is 7.05 Å². The van der Waals surface area contributed by atoms with Crippen molar-refractivity contribution in [2.45, 2.75) is 51.2 Å². The van der Waals surface area contributed by atoms with E-state index >= 15 is 0 Å². The summed E-state index contributed by atoms with van der Waals surface area (Å²) >= 11 is 0. The van der Waals surface area contributed by atoms with Crippen molar-refractivity contribution in [3.63, 3.8) is 0 Å². The van der Waals surface area contributed by atoms with Crippen LogP contribution in [0.15, 0.2) is 4.99 Å². The van der Waals surface area contributed by atoms with Crippen LogP contribution in [0.5, 0.6) is 0 Å². The van der Waals surface area contributed by atoms with Gasteiger partial charge in [-0.25, -0.2) is 0 Å². The Balaban J connectivity index is 0.00000484. The summed E-state index contributed by atoms with van der Waals surface area (Å²) in [6, 6.07) is 0.136. The summed E-state index contributed by atoms with van der Waals surface area (Å²) in [5, 5.41) is 6.21. The van der Waals surface area contributed by atoms with Gasteiger partial charge in [0.05, 0.1) is 0 Å². The minimum atomic E-state index is -4.08. The topological polar surface area (TPSA) is 56.7 Å². The molecule has 9 heteroatoms. The zero-order chi connectivity index (χ0) is 16.6. The Labute approximate surface area is 152 Å². The smallest absolute Gasteiger partial charge is 0.356 e. The number of nitrogens with zero attached hydrogens (tertiary/aromatic N) is 2. The van der Waals surface area contributed by atoms with Crippen molar-refractivity contribution in [2.75, 3.05) is 26.7 Å². The monoisotopic (exact) mass is 450 g/mol. The first-order valence-corrected chi connectivity index (χ1v) is 7.67. The lowest BCUT2D eigenvalue weighted by Gasteiger charge is -2.18. The molecule has 5 nitrogen and oxygen atoms in total. The summed E-state index contributed by atoms with van der Waals surface area (Å²) in [5.41, 5.74) is 0. The van der Waals surface area contributed by atoms with E-state index < -0.39 is 12.6 Å². The number of aliphatic imine (C=N–C) groups is 1. The summed E-state index contributed by atoms with van der Waals surface area (Å²) in [6.45, 7) is 3.65. The molecule has 0 bridgehead atoms. The van der Waals surface area contributed by atoms with E-state index in [4.69, 9.17) is 0 Å². The van der Waals surface area contributed by atoms with Crippen LogP contribution in [-0.4, -0.2) is 55.7 Å². The van der Waals surface area contributed by atoms with Crippen LogP contribution >= 0.6 is 24.0 Å². The Morgan fingerprint density at radius 1 is 1.35 bits per heavy atom. The highest BCUT2D eigenvalue weighted by atomic mass is 127. The average molecular weight is 450 g/mol. The number of hydrogen-bond acceptors (Lipinski definition) is 2. The van der Waals surface area contributed by atoms with Crippen molar-refractivity contribution in [3.05, 3.63) is 0 Å². The fourth-order valence-corrected chi connectivity index (χ4v) is 2.37. The number of nitrogens with one attached hydrogen (secondary N) is 2. The summed E-state index contributed by atoms with van der Waals surface area (Å²) in [5.74, 6) is 0.710. The van der Waals surface area contributed by atoms with Crippen molar-refractivity contribution < 1.29 is 18.0 Å². The minimum Gasteiger partial charge on any atom is -0.356 e. The Bertz CT molecular complexity index is 391. The lowest BCUT2D eigenvalue weighted by Crippen LogP contribution is -2.45. The van der Waals surface area contributed by atoms with Gasteiger partial charge in [0.15, 0.2) is 5.96 Å². The van der Waals surface area contributed by atoms with Gasteiger partial charge in [-0.05, 0) is 19.3 Å². The van der Waals surface area contributed by atoms with Gasteiger partial charge in [0.1, 0.15) is 0 Å². The molecule has 1 amide bonds. The van der Waals surface area contributed by atoms with Gasteiger partial charge in [-0.3, -0.25) is 9.79 Å². The number of carbonyl (C=O) groups is 1. The summed E-state index contributed by atoms with van der Waals surface area (Å²) in [4.78, 5) is 17.5. The number of carbonyl (C=O) groups excluding carboxylic acids is 1. The zero-order valence-corrected chi connectivity index (χ0v) is 15.9. The third-order valence-electron chi connectivity index (χ3n) is 3.59. The number of rotatable bonds is 6. The minimum absolute atomic E-state index is 0. The van der Waals surface area contributed by atoms with Crippen molar-refractivity contribution >= 4 is 35.8 Å². The van der Waals surface area contributed by atoms with Crippen LogP contribution in [0.25, 0.3) is 0 Å². The Kier molecular flexibility index (Phi) is 10.6. The fraction of sp³-hybridized carbons (Fsp3) is 0.857. The third kappa shape index (κ3) is 9.21. The molecule has 2 N–H and O–H groups in total. The number of hydrogen-bond donors (Lipinski definition) is 2. The molecule has 0 aromatic rings. The molecule has 1 unspecified atom stereocenters. The Hall–Kier alpha value is -0.740. The number of amides is 1. The van der Waals surface area contributed by atoms with Crippen LogP contribution in [0.2, 0.25) is 0 Å². The molecule has 0 radical (unpaired) electrons. The molecule has 1 saturated heterocycles. The molecular formula is C14H26F3IN4O. The maximum absolute atomic E-state index is 12.0. The van der Waals surface area contributed by atoms with Crippen LogP contribution in [0.1, 0.15) is 39.0 Å². The molecule has 1 aliphatic rings. The number of unbranched alkanes of at least 4 members (excludes halogenated alkanes) is 1. The molecule has 0 aliphatic carbocycles. The van der Waals surface area contributed by atoms with Crippen LogP contribution in [0, 0.1) is 0 Å².